The van der Waals surface area contributed by atoms with Crippen molar-refractivity contribution < 1.29 is 9.72 Å². The zero-order valence-corrected chi connectivity index (χ0v) is 11.7. The average Bonchev–Trinajstić information content (AvgIpc) is 3.10. The summed E-state index contributed by atoms with van der Waals surface area (Å²) in [6.07, 6.45) is 1.44. The van der Waals surface area contributed by atoms with Crippen molar-refractivity contribution in [3.05, 3.63) is 70.5 Å². The van der Waals surface area contributed by atoms with Crippen LogP contribution in [0.5, 0.6) is 0 Å². The highest BCUT2D eigenvalue weighted by Gasteiger charge is 2.10. The summed E-state index contributed by atoms with van der Waals surface area (Å²) in [4.78, 5) is 22.3. The van der Waals surface area contributed by atoms with E-state index in [9.17, 15) is 14.9 Å². The second-order valence-corrected chi connectivity index (χ2v) is 4.56. The van der Waals surface area contributed by atoms with Crippen molar-refractivity contribution in [3.8, 4) is 5.69 Å². The summed E-state index contributed by atoms with van der Waals surface area (Å²) in [5.74, 6) is -0.367. The van der Waals surface area contributed by atoms with Gasteiger partial charge in [0.2, 0.25) is 0 Å². The number of hydrogen-bond acceptors (Lipinski definition) is 6. The molecule has 0 aliphatic heterocycles. The number of nitrogens with zero attached hydrogens (tertiary/aromatic N) is 5. The molecule has 0 unspecified atom stereocenters. The zero-order chi connectivity index (χ0) is 16.2. The fourth-order valence-corrected chi connectivity index (χ4v) is 1.94. The molecule has 9 heteroatoms. The second kappa shape index (κ2) is 6.02. The number of non-ortho nitro benzene ring substituents is 1. The van der Waals surface area contributed by atoms with E-state index in [-0.39, 0.29) is 11.6 Å². The average molecular weight is 310 g/mol. The monoisotopic (exact) mass is 310 g/mol. The molecule has 0 aliphatic carbocycles. The third-order valence-corrected chi connectivity index (χ3v) is 3.06. The van der Waals surface area contributed by atoms with Gasteiger partial charge in [-0.25, -0.2) is 4.68 Å². The van der Waals surface area contributed by atoms with Crippen molar-refractivity contribution in [2.24, 2.45) is 0 Å². The normalized spacial score (nSPS) is 10.3. The number of nitro groups is 1. The molecule has 1 N–H and O–H groups in total. The number of benzene rings is 2. The third kappa shape index (κ3) is 3.18. The first-order valence-electron chi connectivity index (χ1n) is 6.53. The Labute approximate surface area is 129 Å². The molecule has 0 saturated carbocycles. The summed E-state index contributed by atoms with van der Waals surface area (Å²) in [5, 5.41) is 24.2. The van der Waals surface area contributed by atoms with Crippen molar-refractivity contribution >= 4 is 17.3 Å². The van der Waals surface area contributed by atoms with Crippen molar-refractivity contribution in [1.82, 2.24) is 20.2 Å². The van der Waals surface area contributed by atoms with E-state index in [1.54, 1.807) is 24.3 Å². The molecule has 0 fully saturated rings. The van der Waals surface area contributed by atoms with Gasteiger partial charge >= 0.3 is 0 Å². The molecule has 0 radical (unpaired) electrons. The molecular weight excluding hydrogens is 300 g/mol. The van der Waals surface area contributed by atoms with Gasteiger partial charge in [-0.05, 0) is 40.8 Å². The topological polar surface area (TPSA) is 116 Å². The lowest BCUT2D eigenvalue weighted by atomic mass is 10.2. The molecule has 1 aromatic heterocycles. The van der Waals surface area contributed by atoms with Crippen LogP contribution < -0.4 is 5.32 Å². The molecule has 1 heterocycles. The van der Waals surface area contributed by atoms with E-state index >= 15 is 0 Å². The zero-order valence-electron chi connectivity index (χ0n) is 11.7. The van der Waals surface area contributed by atoms with Crippen LogP contribution in [0, 0.1) is 10.1 Å². The van der Waals surface area contributed by atoms with Crippen LogP contribution in [0.15, 0.2) is 54.9 Å². The maximum Gasteiger partial charge on any atom is 0.269 e. The minimum atomic E-state index is -0.517. The molecule has 0 saturated heterocycles. The fourth-order valence-electron chi connectivity index (χ4n) is 1.94. The first-order chi connectivity index (χ1) is 11.1. The van der Waals surface area contributed by atoms with E-state index in [0.29, 0.717) is 16.9 Å². The number of carbonyl (C=O) groups excluding carboxylic acids is 1. The smallest absolute Gasteiger partial charge is 0.269 e. The lowest BCUT2D eigenvalue weighted by Crippen LogP contribution is -2.12. The van der Waals surface area contributed by atoms with Gasteiger partial charge in [-0.15, -0.1) is 5.10 Å². The highest BCUT2D eigenvalue weighted by molar-refractivity contribution is 6.04. The summed E-state index contributed by atoms with van der Waals surface area (Å²) >= 11 is 0. The molecule has 0 atom stereocenters. The predicted octanol–water partition coefficient (Wildman–Crippen LogP) is 1.82. The molecular formula is C14H10N6O3. The van der Waals surface area contributed by atoms with Crippen molar-refractivity contribution in [1.29, 1.82) is 0 Å². The molecule has 9 nitrogen and oxygen atoms in total. The predicted molar refractivity (Wildman–Crippen MR) is 80.2 cm³/mol. The van der Waals surface area contributed by atoms with Crippen molar-refractivity contribution in [3.63, 3.8) is 0 Å². The number of nitrogens with one attached hydrogen (secondary N) is 1. The van der Waals surface area contributed by atoms with Crippen LogP contribution in [0.4, 0.5) is 11.4 Å². The molecule has 2 aromatic carbocycles. The SMILES string of the molecule is O=C(Nc1cccc(-n2cnnn2)c1)c1ccc([N+](=O)[O-])cc1. The van der Waals surface area contributed by atoms with E-state index in [1.165, 1.54) is 35.3 Å². The van der Waals surface area contributed by atoms with Gasteiger partial charge in [0.15, 0.2) is 0 Å². The molecule has 0 spiro atoms. The Morgan fingerprint density at radius 2 is 1.96 bits per heavy atom. The molecule has 3 aromatic rings. The van der Waals surface area contributed by atoms with Gasteiger partial charge in [0, 0.05) is 23.4 Å². The first kappa shape index (κ1) is 14.3. The standard InChI is InChI=1S/C14H10N6O3/c21-14(10-4-6-12(7-5-10)20(22)23)16-11-2-1-3-13(8-11)19-9-15-17-18-19/h1-9H,(H,16,21). The summed E-state index contributed by atoms with van der Waals surface area (Å²) < 4.78 is 1.46. The summed E-state index contributed by atoms with van der Waals surface area (Å²) in [5.41, 5.74) is 1.50. The minimum absolute atomic E-state index is 0.0674. The quantitative estimate of drug-likeness (QED) is 0.580. The molecule has 114 valence electrons. The number of tetrazole rings is 1. The summed E-state index contributed by atoms with van der Waals surface area (Å²) in [7, 11) is 0. The molecule has 1 amide bonds. The number of hydrogen-bond donors (Lipinski definition) is 1. The highest BCUT2D eigenvalue weighted by Crippen LogP contribution is 2.16. The lowest BCUT2D eigenvalue weighted by molar-refractivity contribution is -0.384. The van der Waals surface area contributed by atoms with Gasteiger partial charge in [0.05, 0.1) is 10.6 Å². The van der Waals surface area contributed by atoms with Crippen molar-refractivity contribution in [2.75, 3.05) is 5.32 Å². The summed E-state index contributed by atoms with van der Waals surface area (Å²) in [6.45, 7) is 0. The number of aromatic nitrogens is 4. The van der Waals surface area contributed by atoms with Crippen LogP contribution in [0.25, 0.3) is 5.69 Å². The van der Waals surface area contributed by atoms with E-state index in [1.807, 2.05) is 0 Å². The maximum absolute atomic E-state index is 12.2. The van der Waals surface area contributed by atoms with Gasteiger partial charge in [0.25, 0.3) is 11.6 Å². The van der Waals surface area contributed by atoms with Crippen LogP contribution in [0.3, 0.4) is 0 Å². The fraction of sp³-hybridized carbons (Fsp3) is 0. The minimum Gasteiger partial charge on any atom is -0.322 e. The Balaban J connectivity index is 1.77. The number of nitro benzene ring substituents is 1. The Kier molecular flexibility index (Phi) is 3.75. The third-order valence-electron chi connectivity index (χ3n) is 3.06. The van der Waals surface area contributed by atoms with E-state index in [4.69, 9.17) is 0 Å². The number of carbonyl (C=O) groups is 1. The Morgan fingerprint density at radius 3 is 2.61 bits per heavy atom. The molecule has 3 rings (SSSR count). The largest absolute Gasteiger partial charge is 0.322 e. The van der Waals surface area contributed by atoms with Crippen molar-refractivity contribution in [2.45, 2.75) is 0 Å². The Hall–Kier alpha value is -3.62. The van der Waals surface area contributed by atoms with Gasteiger partial charge in [0.1, 0.15) is 6.33 Å². The first-order valence-corrected chi connectivity index (χ1v) is 6.53. The van der Waals surface area contributed by atoms with Gasteiger partial charge in [-0.3, -0.25) is 14.9 Å². The molecule has 0 aliphatic rings. The van der Waals surface area contributed by atoms with E-state index in [2.05, 4.69) is 20.8 Å². The Morgan fingerprint density at radius 1 is 1.17 bits per heavy atom. The number of amides is 1. The van der Waals surface area contributed by atoms with Crippen LogP contribution in [-0.2, 0) is 0 Å². The second-order valence-electron chi connectivity index (χ2n) is 4.56. The van der Waals surface area contributed by atoms with Crippen LogP contribution in [-0.4, -0.2) is 31.0 Å². The van der Waals surface area contributed by atoms with Gasteiger partial charge in [-0.2, -0.15) is 0 Å². The number of rotatable bonds is 4. The van der Waals surface area contributed by atoms with E-state index < -0.39 is 4.92 Å². The summed E-state index contributed by atoms with van der Waals surface area (Å²) in [6, 6.07) is 12.3. The lowest BCUT2D eigenvalue weighted by Gasteiger charge is -2.07. The van der Waals surface area contributed by atoms with E-state index in [0.717, 1.165) is 0 Å². The number of anilines is 1. The van der Waals surface area contributed by atoms with Gasteiger partial charge < -0.3 is 5.32 Å². The van der Waals surface area contributed by atoms with Crippen LogP contribution in [0.2, 0.25) is 0 Å². The van der Waals surface area contributed by atoms with Gasteiger partial charge in [-0.1, -0.05) is 6.07 Å². The molecule has 0 bridgehead atoms. The van der Waals surface area contributed by atoms with Crippen LogP contribution in [0.1, 0.15) is 10.4 Å². The van der Waals surface area contributed by atoms with Crippen LogP contribution >= 0.6 is 0 Å². The maximum atomic E-state index is 12.2. The Bertz CT molecular complexity index is 845. The highest BCUT2D eigenvalue weighted by atomic mass is 16.6. The molecule has 23 heavy (non-hydrogen) atoms.